The molecule has 1 heterocycles. The van der Waals surface area contributed by atoms with Gasteiger partial charge in [-0.3, -0.25) is 9.59 Å². The summed E-state index contributed by atoms with van der Waals surface area (Å²) in [5.41, 5.74) is 2.39. The fraction of sp³-hybridized carbons (Fsp3) is 0.312. The van der Waals surface area contributed by atoms with Crippen LogP contribution in [0.4, 0.5) is 5.69 Å². The zero-order valence-electron chi connectivity index (χ0n) is 11.9. The number of anilines is 1. The summed E-state index contributed by atoms with van der Waals surface area (Å²) in [5, 5.41) is 2.86. The maximum absolute atomic E-state index is 11.9. The molecule has 0 saturated carbocycles. The quantitative estimate of drug-likeness (QED) is 0.679. The van der Waals surface area contributed by atoms with Gasteiger partial charge in [-0.05, 0) is 30.5 Å². The molecule has 1 fully saturated rings. The summed E-state index contributed by atoms with van der Waals surface area (Å²) < 4.78 is 4.85. The van der Waals surface area contributed by atoms with Crippen molar-refractivity contribution in [1.29, 1.82) is 0 Å². The number of nitrogens with one attached hydrogen (secondary N) is 1. The Bertz CT molecular complexity index is 799. The van der Waals surface area contributed by atoms with Crippen molar-refractivity contribution in [2.24, 2.45) is 0 Å². The summed E-state index contributed by atoms with van der Waals surface area (Å²) in [7, 11) is 0. The molecule has 1 unspecified atom stereocenters. The van der Waals surface area contributed by atoms with E-state index >= 15 is 0 Å². The molecule has 2 aromatic rings. The minimum atomic E-state index is -0.567. The van der Waals surface area contributed by atoms with Gasteiger partial charge < -0.3 is 10.1 Å². The molecule has 21 heavy (non-hydrogen) atoms. The highest BCUT2D eigenvalue weighted by molar-refractivity contribution is 5.87. The van der Waals surface area contributed by atoms with Crippen LogP contribution in [-0.4, -0.2) is 18.6 Å². The lowest BCUT2D eigenvalue weighted by molar-refractivity contribution is -0.138. The lowest BCUT2D eigenvalue weighted by Crippen LogP contribution is -2.39. The van der Waals surface area contributed by atoms with Crippen LogP contribution < -0.4 is 16.2 Å². The summed E-state index contributed by atoms with van der Waals surface area (Å²) in [4.78, 5) is 35.1. The molecule has 2 aromatic carbocycles. The Morgan fingerprint density at radius 1 is 1.10 bits per heavy atom. The maximum atomic E-state index is 11.9. The Morgan fingerprint density at radius 2 is 1.86 bits per heavy atom. The number of rotatable bonds is 3. The first-order valence-electron chi connectivity index (χ1n) is 6.83. The number of ether oxygens (including phenoxy) is 1. The topological polar surface area (TPSA) is 72.5 Å². The van der Waals surface area contributed by atoms with Crippen LogP contribution in [0.25, 0.3) is 11.1 Å². The normalized spacial score (nSPS) is 18.0. The number of carbonyl (C=O) groups is 1. The van der Waals surface area contributed by atoms with Gasteiger partial charge in [0.2, 0.25) is 10.9 Å². The van der Waals surface area contributed by atoms with E-state index in [9.17, 15) is 14.4 Å². The number of hydrogen-bond acceptors (Lipinski definition) is 5. The third-order valence-corrected chi connectivity index (χ3v) is 3.96. The minimum Gasteiger partial charge on any atom is -0.464 e. The zero-order chi connectivity index (χ0) is 15.1. The Hall–Kier alpha value is -2.43. The highest BCUT2D eigenvalue weighted by Gasteiger charge is 2.31. The molecule has 0 aliphatic carbocycles. The second kappa shape index (κ2) is 4.84. The molecule has 1 N–H and O–H groups in total. The average Bonchev–Trinajstić information content (AvgIpc) is 2.87. The summed E-state index contributed by atoms with van der Waals surface area (Å²) in [6.07, 6.45) is 0.504. The van der Waals surface area contributed by atoms with Gasteiger partial charge in [-0.1, -0.05) is 18.2 Å². The molecule has 108 valence electrons. The Morgan fingerprint density at radius 3 is 2.48 bits per heavy atom. The molecule has 1 atom stereocenters. The third kappa shape index (κ3) is 2.14. The van der Waals surface area contributed by atoms with E-state index in [1.165, 1.54) is 0 Å². The van der Waals surface area contributed by atoms with Crippen molar-refractivity contribution >= 4 is 11.7 Å². The smallest absolute Gasteiger partial charge is 0.328 e. The van der Waals surface area contributed by atoms with Crippen molar-refractivity contribution in [2.45, 2.75) is 26.3 Å². The predicted molar refractivity (Wildman–Crippen MR) is 79.3 cm³/mol. The summed E-state index contributed by atoms with van der Waals surface area (Å²) in [6, 6.07) is 5.06. The van der Waals surface area contributed by atoms with E-state index in [4.69, 9.17) is 4.74 Å². The molecule has 0 spiro atoms. The first-order chi connectivity index (χ1) is 9.99. The fourth-order valence-electron chi connectivity index (χ4n) is 2.50. The number of esters is 1. The van der Waals surface area contributed by atoms with E-state index in [0.717, 1.165) is 11.1 Å². The molecular weight excluding hydrogens is 270 g/mol. The van der Waals surface area contributed by atoms with E-state index in [-0.39, 0.29) is 11.7 Å². The van der Waals surface area contributed by atoms with Crippen LogP contribution in [0.3, 0.4) is 0 Å². The Kier molecular flexibility index (Phi) is 3.12. The molecule has 0 aromatic heterocycles. The van der Waals surface area contributed by atoms with Crippen molar-refractivity contribution < 1.29 is 9.53 Å². The van der Waals surface area contributed by atoms with Crippen LogP contribution in [0, 0.1) is 13.8 Å². The van der Waals surface area contributed by atoms with E-state index in [1.54, 1.807) is 0 Å². The van der Waals surface area contributed by atoms with E-state index in [0.29, 0.717) is 24.2 Å². The van der Waals surface area contributed by atoms with Gasteiger partial charge in [0, 0.05) is 6.42 Å². The SMILES string of the molecule is Cc1ccc(-c2c(NC3CCOC3=O)c(=O)c2=O)cc1C. The number of carbonyl (C=O) groups excluding carboxylic acids is 1. The van der Waals surface area contributed by atoms with Crippen molar-refractivity contribution in [1.82, 2.24) is 0 Å². The second-order valence-corrected chi connectivity index (χ2v) is 5.36. The lowest BCUT2D eigenvalue weighted by Gasteiger charge is -2.16. The van der Waals surface area contributed by atoms with Gasteiger partial charge in [0.1, 0.15) is 6.04 Å². The third-order valence-electron chi connectivity index (χ3n) is 3.96. The molecule has 0 radical (unpaired) electrons. The maximum Gasteiger partial charge on any atom is 0.328 e. The van der Waals surface area contributed by atoms with Gasteiger partial charge in [-0.15, -0.1) is 0 Å². The Balaban J connectivity index is 1.98. The summed E-state index contributed by atoms with van der Waals surface area (Å²) in [6.45, 7) is 4.27. The van der Waals surface area contributed by atoms with Crippen molar-refractivity contribution in [3.05, 3.63) is 49.8 Å². The van der Waals surface area contributed by atoms with E-state index in [1.807, 2.05) is 32.0 Å². The van der Waals surface area contributed by atoms with Gasteiger partial charge in [0.25, 0.3) is 0 Å². The molecule has 0 amide bonds. The van der Waals surface area contributed by atoms with Gasteiger partial charge in [0.05, 0.1) is 17.9 Å². The van der Waals surface area contributed by atoms with Crippen molar-refractivity contribution in [3.63, 3.8) is 0 Å². The number of aryl methyl sites for hydroxylation is 2. The van der Waals surface area contributed by atoms with E-state index in [2.05, 4.69) is 5.32 Å². The summed E-state index contributed by atoms with van der Waals surface area (Å²) in [5.74, 6) is -0.380. The van der Waals surface area contributed by atoms with Crippen LogP contribution in [0.1, 0.15) is 17.5 Å². The van der Waals surface area contributed by atoms with Crippen molar-refractivity contribution in [2.75, 3.05) is 11.9 Å². The summed E-state index contributed by atoms with van der Waals surface area (Å²) >= 11 is 0. The molecule has 5 heteroatoms. The second-order valence-electron chi connectivity index (χ2n) is 5.36. The standard InChI is InChI=1S/C16H15NO4/c1-8-3-4-10(7-9(8)2)12-13(15(19)14(12)18)17-11-5-6-21-16(11)20/h3-4,7,11,17H,5-6H2,1-2H3. The fourth-order valence-corrected chi connectivity index (χ4v) is 2.50. The molecular formula is C16H15NO4. The lowest BCUT2D eigenvalue weighted by atomic mass is 9.95. The Labute approximate surface area is 121 Å². The molecule has 1 aliphatic heterocycles. The van der Waals surface area contributed by atoms with Crippen LogP contribution in [0.15, 0.2) is 27.8 Å². The highest BCUT2D eigenvalue weighted by atomic mass is 16.5. The van der Waals surface area contributed by atoms with Crippen LogP contribution >= 0.6 is 0 Å². The van der Waals surface area contributed by atoms with Gasteiger partial charge >= 0.3 is 5.97 Å². The first-order valence-corrected chi connectivity index (χ1v) is 6.83. The minimum absolute atomic E-state index is 0.229. The van der Waals surface area contributed by atoms with Crippen LogP contribution in [0.2, 0.25) is 0 Å². The van der Waals surface area contributed by atoms with Gasteiger partial charge in [-0.2, -0.15) is 0 Å². The van der Waals surface area contributed by atoms with Crippen LogP contribution in [-0.2, 0) is 9.53 Å². The number of hydrogen-bond donors (Lipinski definition) is 1. The monoisotopic (exact) mass is 285 g/mol. The van der Waals surface area contributed by atoms with Gasteiger partial charge in [-0.25, -0.2) is 4.79 Å². The molecule has 1 aliphatic rings. The number of benzene rings is 1. The van der Waals surface area contributed by atoms with E-state index < -0.39 is 16.9 Å². The average molecular weight is 285 g/mol. The molecule has 0 bridgehead atoms. The molecule has 3 rings (SSSR count). The van der Waals surface area contributed by atoms with Crippen LogP contribution in [0.5, 0.6) is 0 Å². The zero-order valence-corrected chi connectivity index (χ0v) is 11.9. The first kappa shape index (κ1) is 13.5. The van der Waals surface area contributed by atoms with Crippen molar-refractivity contribution in [3.8, 4) is 11.1 Å². The highest BCUT2D eigenvalue weighted by Crippen LogP contribution is 2.27. The predicted octanol–water partition coefficient (Wildman–Crippen LogP) is 1.29. The largest absolute Gasteiger partial charge is 0.464 e. The molecule has 5 nitrogen and oxygen atoms in total. The number of cyclic esters (lactones) is 1. The van der Waals surface area contributed by atoms with Gasteiger partial charge in [0.15, 0.2) is 0 Å². The molecule has 1 saturated heterocycles.